The maximum absolute atomic E-state index is 11.1. The molecule has 19 heavy (non-hydrogen) atoms. The van der Waals surface area contributed by atoms with Crippen molar-refractivity contribution in [2.45, 2.75) is 19.4 Å². The summed E-state index contributed by atoms with van der Waals surface area (Å²) in [5, 5.41) is 8.75. The number of nitrogens with one attached hydrogen (secondary N) is 1. The average Bonchev–Trinajstić information content (AvgIpc) is 2.92. The Balaban J connectivity index is 2.15. The van der Waals surface area contributed by atoms with Crippen molar-refractivity contribution in [3.63, 3.8) is 0 Å². The van der Waals surface area contributed by atoms with Crippen LogP contribution in [0, 0.1) is 11.3 Å². The molecule has 1 atom stereocenters. The van der Waals surface area contributed by atoms with Gasteiger partial charge in [0.1, 0.15) is 6.10 Å². The lowest BCUT2D eigenvalue weighted by Gasteiger charge is -2.15. The molecule has 1 heterocycles. The number of aromatic amines is 1. The van der Waals surface area contributed by atoms with Crippen LogP contribution in [0.4, 0.5) is 0 Å². The topological polar surface area (TPSA) is 78.8 Å². The van der Waals surface area contributed by atoms with Crippen molar-refractivity contribution >= 4 is 5.97 Å². The Morgan fingerprint density at radius 1 is 1.47 bits per heavy atom. The van der Waals surface area contributed by atoms with E-state index in [-0.39, 0.29) is 5.97 Å². The van der Waals surface area contributed by atoms with Crippen molar-refractivity contribution in [3.8, 4) is 6.07 Å². The van der Waals surface area contributed by atoms with Gasteiger partial charge < -0.3 is 9.72 Å². The fraction of sp³-hybridized carbons (Fsp3) is 0.214. The lowest BCUT2D eigenvalue weighted by Crippen LogP contribution is -2.11. The maximum atomic E-state index is 11.1. The zero-order valence-electron chi connectivity index (χ0n) is 10.5. The Morgan fingerprint density at radius 2 is 2.21 bits per heavy atom. The molecule has 1 aromatic carbocycles. The highest BCUT2D eigenvalue weighted by Gasteiger charge is 2.16. The van der Waals surface area contributed by atoms with Gasteiger partial charge in [-0.25, -0.2) is 4.98 Å². The van der Waals surface area contributed by atoms with E-state index in [1.807, 2.05) is 12.1 Å². The van der Waals surface area contributed by atoms with Gasteiger partial charge in [0.15, 0.2) is 0 Å². The third-order valence-corrected chi connectivity index (χ3v) is 2.68. The fourth-order valence-electron chi connectivity index (χ4n) is 1.79. The molecule has 96 valence electrons. The predicted molar refractivity (Wildman–Crippen MR) is 68.0 cm³/mol. The predicted octanol–water partition coefficient (Wildman–Crippen LogP) is 2.13. The second-order valence-corrected chi connectivity index (χ2v) is 4.12. The monoisotopic (exact) mass is 255 g/mol. The normalized spacial score (nSPS) is 11.6. The van der Waals surface area contributed by atoms with Crippen LogP contribution in [0.15, 0.2) is 36.8 Å². The van der Waals surface area contributed by atoms with Crippen LogP contribution in [-0.4, -0.2) is 15.9 Å². The number of hydrogen-bond donors (Lipinski definition) is 1. The molecule has 2 rings (SSSR count). The maximum Gasteiger partial charge on any atom is 0.303 e. The Kier molecular flexibility index (Phi) is 3.94. The van der Waals surface area contributed by atoms with Gasteiger partial charge in [-0.3, -0.25) is 4.79 Å². The van der Waals surface area contributed by atoms with Crippen molar-refractivity contribution in [1.82, 2.24) is 9.97 Å². The summed E-state index contributed by atoms with van der Waals surface area (Å²) in [6.07, 6.45) is 3.32. The van der Waals surface area contributed by atoms with Gasteiger partial charge in [-0.1, -0.05) is 12.1 Å². The van der Waals surface area contributed by atoms with Crippen LogP contribution < -0.4 is 0 Å². The number of aromatic nitrogens is 2. The Bertz CT molecular complexity index is 582. The number of benzene rings is 1. The molecular weight excluding hydrogens is 242 g/mol. The number of carbonyl (C=O) groups is 1. The molecule has 2 aromatic rings. The molecule has 5 heteroatoms. The molecule has 5 nitrogen and oxygen atoms in total. The van der Waals surface area contributed by atoms with Crippen LogP contribution >= 0.6 is 0 Å². The van der Waals surface area contributed by atoms with Crippen molar-refractivity contribution in [1.29, 1.82) is 5.26 Å². The summed E-state index contributed by atoms with van der Waals surface area (Å²) in [7, 11) is 0. The summed E-state index contributed by atoms with van der Waals surface area (Å²) in [5.41, 5.74) is 2.34. The second-order valence-electron chi connectivity index (χ2n) is 4.12. The average molecular weight is 255 g/mol. The third-order valence-electron chi connectivity index (χ3n) is 2.68. The first kappa shape index (κ1) is 12.8. The van der Waals surface area contributed by atoms with E-state index in [1.165, 1.54) is 6.92 Å². The van der Waals surface area contributed by atoms with Gasteiger partial charge in [-0.15, -0.1) is 0 Å². The zero-order chi connectivity index (χ0) is 13.7. The minimum Gasteiger partial charge on any atom is -0.456 e. The number of ether oxygens (including phenoxy) is 1. The number of carbonyl (C=O) groups excluding carboxylic acids is 1. The minimum atomic E-state index is -0.395. The van der Waals surface area contributed by atoms with E-state index in [9.17, 15) is 4.79 Å². The van der Waals surface area contributed by atoms with Gasteiger partial charge in [0, 0.05) is 13.3 Å². The molecule has 0 aliphatic heterocycles. The van der Waals surface area contributed by atoms with Crippen molar-refractivity contribution < 1.29 is 9.53 Å². The fourth-order valence-corrected chi connectivity index (χ4v) is 1.79. The molecule has 0 amide bonds. The summed E-state index contributed by atoms with van der Waals surface area (Å²) in [5.74, 6) is -0.340. The molecule has 0 bridgehead atoms. The van der Waals surface area contributed by atoms with Gasteiger partial charge in [0.25, 0.3) is 0 Å². The van der Waals surface area contributed by atoms with Crippen LogP contribution in [0.1, 0.15) is 29.8 Å². The quantitative estimate of drug-likeness (QED) is 0.849. The molecule has 0 radical (unpaired) electrons. The molecule has 0 saturated heterocycles. The van der Waals surface area contributed by atoms with E-state index < -0.39 is 6.10 Å². The summed E-state index contributed by atoms with van der Waals surface area (Å²) < 4.78 is 5.28. The first-order valence-electron chi connectivity index (χ1n) is 5.83. The lowest BCUT2D eigenvalue weighted by molar-refractivity contribution is -0.146. The first-order chi connectivity index (χ1) is 9.19. The minimum absolute atomic E-state index is 0.340. The van der Waals surface area contributed by atoms with Crippen LogP contribution in [0.2, 0.25) is 0 Å². The van der Waals surface area contributed by atoms with Crippen molar-refractivity contribution in [3.05, 3.63) is 53.6 Å². The number of nitrogens with zero attached hydrogens (tertiary/aromatic N) is 2. The van der Waals surface area contributed by atoms with E-state index >= 15 is 0 Å². The second kappa shape index (κ2) is 5.83. The molecule has 1 N–H and O–H groups in total. The molecule has 0 aliphatic carbocycles. The number of imidazole rings is 1. The summed E-state index contributed by atoms with van der Waals surface area (Å²) >= 11 is 0. The molecule has 1 aromatic heterocycles. The summed E-state index contributed by atoms with van der Waals surface area (Å²) in [4.78, 5) is 18.0. The molecule has 0 spiro atoms. The summed E-state index contributed by atoms with van der Waals surface area (Å²) in [6, 6.07) is 9.26. The van der Waals surface area contributed by atoms with E-state index in [2.05, 4.69) is 16.0 Å². The Morgan fingerprint density at radius 3 is 2.74 bits per heavy atom. The zero-order valence-corrected chi connectivity index (χ0v) is 10.5. The number of hydrogen-bond acceptors (Lipinski definition) is 4. The molecule has 1 unspecified atom stereocenters. The van der Waals surface area contributed by atoms with E-state index in [0.29, 0.717) is 12.0 Å². The number of esters is 1. The highest BCUT2D eigenvalue weighted by atomic mass is 16.5. The highest BCUT2D eigenvalue weighted by Crippen LogP contribution is 2.20. The lowest BCUT2D eigenvalue weighted by atomic mass is 10.0. The standard InChI is InChI=1S/C14H13N3O2/c1-10(18)19-14(13-8-16-9-17-13)6-11-2-4-12(7-15)5-3-11/h2-5,8-9,14H,6H2,1H3,(H,16,17). The number of nitriles is 1. The smallest absolute Gasteiger partial charge is 0.303 e. The molecular formula is C14H13N3O2. The molecule has 0 fully saturated rings. The largest absolute Gasteiger partial charge is 0.456 e. The van der Waals surface area contributed by atoms with E-state index in [4.69, 9.17) is 10.00 Å². The SMILES string of the molecule is CC(=O)OC(Cc1ccc(C#N)cc1)c1cnc[nH]1. The highest BCUT2D eigenvalue weighted by molar-refractivity contribution is 5.66. The van der Waals surface area contributed by atoms with Crippen LogP contribution in [0.5, 0.6) is 0 Å². The van der Waals surface area contributed by atoms with Crippen molar-refractivity contribution in [2.24, 2.45) is 0 Å². The van der Waals surface area contributed by atoms with E-state index in [1.54, 1.807) is 24.7 Å². The van der Waals surface area contributed by atoms with E-state index in [0.717, 1.165) is 11.3 Å². The summed E-state index contributed by atoms with van der Waals surface area (Å²) in [6.45, 7) is 1.38. The van der Waals surface area contributed by atoms with Gasteiger partial charge >= 0.3 is 5.97 Å². The molecule has 0 aliphatic rings. The number of rotatable bonds is 4. The molecule has 0 saturated carbocycles. The van der Waals surface area contributed by atoms with Crippen molar-refractivity contribution in [2.75, 3.05) is 0 Å². The van der Waals surface area contributed by atoms with Crippen LogP contribution in [0.3, 0.4) is 0 Å². The first-order valence-corrected chi connectivity index (χ1v) is 5.83. The Hall–Kier alpha value is -2.61. The third kappa shape index (κ3) is 3.42. The van der Waals surface area contributed by atoms with Gasteiger partial charge in [0.2, 0.25) is 0 Å². The van der Waals surface area contributed by atoms with Gasteiger partial charge in [0.05, 0.1) is 29.9 Å². The Labute approximate surface area is 110 Å². The van der Waals surface area contributed by atoms with Gasteiger partial charge in [-0.05, 0) is 17.7 Å². The van der Waals surface area contributed by atoms with Crippen LogP contribution in [-0.2, 0) is 16.0 Å². The number of H-pyrrole nitrogens is 1. The van der Waals surface area contributed by atoms with Crippen LogP contribution in [0.25, 0.3) is 0 Å². The van der Waals surface area contributed by atoms with Gasteiger partial charge in [-0.2, -0.15) is 5.26 Å².